The molecule has 0 aliphatic rings. The molecule has 0 bridgehead atoms. The van der Waals surface area contributed by atoms with Gasteiger partial charge in [-0.3, -0.25) is 0 Å². The van der Waals surface area contributed by atoms with E-state index >= 15 is 0 Å². The second kappa shape index (κ2) is 6.15. The van der Waals surface area contributed by atoms with E-state index in [1.54, 1.807) is 6.92 Å². The van der Waals surface area contributed by atoms with Crippen molar-refractivity contribution in [3.8, 4) is 0 Å². The number of carboxylic acids is 1. The van der Waals surface area contributed by atoms with Crippen LogP contribution < -0.4 is 0 Å². The minimum absolute atomic E-state index is 0.254. The number of hydrogen-bond donors (Lipinski definition) is 1. The largest absolute Gasteiger partial charge is 0.478 e. The van der Waals surface area contributed by atoms with Gasteiger partial charge in [0.25, 0.3) is 0 Å². The third-order valence-corrected chi connectivity index (χ3v) is 1.30. The van der Waals surface area contributed by atoms with Crippen LogP contribution in [0.2, 0.25) is 0 Å². The summed E-state index contributed by atoms with van der Waals surface area (Å²) in [5, 5.41) is 8.24. The van der Waals surface area contributed by atoms with E-state index in [-0.39, 0.29) is 6.10 Å². The average Bonchev–Trinajstić information content (AvgIpc) is 1.98. The molecule has 1 N–H and O–H groups in total. The Morgan fingerprint density at radius 3 is 2.43 bits per heavy atom. The zero-order valence-electron chi connectivity index (χ0n) is 8.56. The van der Waals surface area contributed by atoms with Crippen molar-refractivity contribution in [1.82, 2.24) is 4.90 Å². The van der Waals surface area contributed by atoms with Crippen molar-refractivity contribution in [1.29, 1.82) is 0 Å². The van der Waals surface area contributed by atoms with Gasteiger partial charge >= 0.3 is 11.9 Å². The van der Waals surface area contributed by atoms with Gasteiger partial charge in [0.15, 0.2) is 0 Å². The second-order valence-electron chi connectivity index (χ2n) is 3.18. The van der Waals surface area contributed by atoms with Crippen molar-refractivity contribution in [2.75, 3.05) is 20.6 Å². The maximum atomic E-state index is 10.9. The van der Waals surface area contributed by atoms with Crippen molar-refractivity contribution in [3.63, 3.8) is 0 Å². The third kappa shape index (κ3) is 7.30. The number of hydrogen-bond acceptors (Lipinski definition) is 4. The molecular weight excluding hydrogens is 186 g/mol. The summed E-state index contributed by atoms with van der Waals surface area (Å²) in [4.78, 5) is 22.9. The Labute approximate surface area is 83.0 Å². The first-order chi connectivity index (χ1) is 6.41. The van der Waals surface area contributed by atoms with Gasteiger partial charge in [0.05, 0.1) is 0 Å². The number of rotatable bonds is 5. The minimum Gasteiger partial charge on any atom is -0.478 e. The predicted molar refractivity (Wildman–Crippen MR) is 50.9 cm³/mol. The van der Waals surface area contributed by atoms with Gasteiger partial charge in [0.1, 0.15) is 6.10 Å². The second-order valence-corrected chi connectivity index (χ2v) is 3.18. The summed E-state index contributed by atoms with van der Waals surface area (Å²) in [5.41, 5.74) is 0. The Balaban J connectivity index is 3.88. The molecule has 0 fully saturated rings. The Hall–Kier alpha value is -1.36. The van der Waals surface area contributed by atoms with Crippen molar-refractivity contribution in [2.45, 2.75) is 13.0 Å². The van der Waals surface area contributed by atoms with E-state index in [4.69, 9.17) is 9.84 Å². The Kier molecular flexibility index (Phi) is 5.55. The van der Waals surface area contributed by atoms with E-state index in [2.05, 4.69) is 0 Å². The minimum atomic E-state index is -1.16. The van der Waals surface area contributed by atoms with Crippen molar-refractivity contribution >= 4 is 11.9 Å². The number of ether oxygens (including phenoxy) is 1. The van der Waals surface area contributed by atoms with E-state index < -0.39 is 11.9 Å². The fourth-order valence-corrected chi connectivity index (χ4v) is 0.928. The number of nitrogens with zero attached hydrogens (tertiary/aromatic N) is 1. The molecule has 0 amide bonds. The van der Waals surface area contributed by atoms with Crippen LogP contribution in [0.5, 0.6) is 0 Å². The number of carbonyl (C=O) groups is 2. The molecule has 14 heavy (non-hydrogen) atoms. The van der Waals surface area contributed by atoms with Crippen LogP contribution in [-0.2, 0) is 14.3 Å². The van der Waals surface area contributed by atoms with Gasteiger partial charge in [-0.1, -0.05) is 0 Å². The molecule has 0 aliphatic heterocycles. The molecule has 0 aliphatic carbocycles. The Bertz CT molecular complexity index is 235. The molecule has 0 rings (SSSR count). The number of likely N-dealkylation sites (N-methyl/N-ethyl adjacent to an activating group) is 1. The lowest BCUT2D eigenvalue weighted by atomic mass is 10.4. The summed E-state index contributed by atoms with van der Waals surface area (Å²) in [6.45, 7) is 2.35. The molecule has 0 aromatic carbocycles. The van der Waals surface area contributed by atoms with Crippen LogP contribution in [0.15, 0.2) is 12.2 Å². The summed E-state index contributed by atoms with van der Waals surface area (Å²) in [7, 11) is 3.72. The van der Waals surface area contributed by atoms with Crippen LogP contribution in [-0.4, -0.2) is 48.7 Å². The molecule has 0 spiro atoms. The molecule has 5 nitrogen and oxygen atoms in total. The summed E-state index contributed by atoms with van der Waals surface area (Å²) < 4.78 is 4.88. The highest BCUT2D eigenvalue weighted by atomic mass is 16.5. The molecule has 1 atom stereocenters. The van der Waals surface area contributed by atoms with Gasteiger partial charge in [-0.05, 0) is 21.0 Å². The van der Waals surface area contributed by atoms with Gasteiger partial charge in [-0.25, -0.2) is 9.59 Å². The van der Waals surface area contributed by atoms with E-state index in [1.165, 1.54) is 0 Å². The van der Waals surface area contributed by atoms with Gasteiger partial charge in [-0.2, -0.15) is 0 Å². The normalized spacial score (nSPS) is 13.1. The lowest BCUT2D eigenvalue weighted by Gasteiger charge is -2.16. The SMILES string of the molecule is CC(CN(C)C)OC(=O)C=CC(=O)O. The molecule has 0 aromatic rings. The monoisotopic (exact) mass is 201 g/mol. The van der Waals surface area contributed by atoms with Gasteiger partial charge in [0.2, 0.25) is 0 Å². The maximum Gasteiger partial charge on any atom is 0.331 e. The third-order valence-electron chi connectivity index (χ3n) is 1.30. The topological polar surface area (TPSA) is 66.8 Å². The summed E-state index contributed by atoms with van der Waals surface area (Å²) in [5.74, 6) is -1.80. The molecule has 0 saturated carbocycles. The molecule has 0 heterocycles. The highest BCUT2D eigenvalue weighted by Gasteiger charge is 2.07. The number of aliphatic carboxylic acids is 1. The van der Waals surface area contributed by atoms with Crippen molar-refractivity contribution in [2.24, 2.45) is 0 Å². The summed E-state index contributed by atoms with van der Waals surface area (Å²) in [6, 6.07) is 0. The van der Waals surface area contributed by atoms with Crippen LogP contribution >= 0.6 is 0 Å². The number of esters is 1. The Morgan fingerprint density at radius 2 is 2.00 bits per heavy atom. The van der Waals surface area contributed by atoms with Crippen LogP contribution in [0, 0.1) is 0 Å². The number of carboxylic acid groups (broad SMARTS) is 1. The predicted octanol–water partition coefficient (Wildman–Crippen LogP) is 0.120. The van der Waals surface area contributed by atoms with Gasteiger partial charge < -0.3 is 14.7 Å². The zero-order chi connectivity index (χ0) is 11.1. The van der Waals surface area contributed by atoms with Crippen molar-refractivity contribution in [3.05, 3.63) is 12.2 Å². The molecule has 1 unspecified atom stereocenters. The first-order valence-electron chi connectivity index (χ1n) is 4.18. The lowest BCUT2D eigenvalue weighted by Crippen LogP contribution is -2.27. The van der Waals surface area contributed by atoms with E-state index in [9.17, 15) is 9.59 Å². The van der Waals surface area contributed by atoms with E-state index in [0.29, 0.717) is 6.54 Å². The fraction of sp³-hybridized carbons (Fsp3) is 0.556. The van der Waals surface area contributed by atoms with Crippen LogP contribution in [0.4, 0.5) is 0 Å². The van der Waals surface area contributed by atoms with E-state index in [0.717, 1.165) is 12.2 Å². The molecule has 0 aromatic heterocycles. The molecule has 5 heteroatoms. The standard InChI is InChI=1S/C9H15NO4/c1-7(6-10(2)3)14-9(13)5-4-8(11)12/h4-5,7H,6H2,1-3H3,(H,11,12). The first kappa shape index (κ1) is 12.6. The molecule has 0 saturated heterocycles. The van der Waals surface area contributed by atoms with Gasteiger partial charge in [-0.15, -0.1) is 0 Å². The molecular formula is C9H15NO4. The highest BCUT2D eigenvalue weighted by Crippen LogP contribution is 1.94. The van der Waals surface area contributed by atoms with Crippen LogP contribution in [0.25, 0.3) is 0 Å². The maximum absolute atomic E-state index is 10.9. The zero-order valence-corrected chi connectivity index (χ0v) is 8.56. The van der Waals surface area contributed by atoms with Crippen molar-refractivity contribution < 1.29 is 19.4 Å². The van der Waals surface area contributed by atoms with Gasteiger partial charge in [0, 0.05) is 18.7 Å². The summed E-state index contributed by atoms with van der Waals surface area (Å²) in [6.07, 6.45) is 1.40. The molecule has 80 valence electrons. The molecule has 0 radical (unpaired) electrons. The summed E-state index contributed by atoms with van der Waals surface area (Å²) >= 11 is 0. The highest BCUT2D eigenvalue weighted by molar-refractivity contribution is 5.90. The quantitative estimate of drug-likeness (QED) is 0.505. The van der Waals surface area contributed by atoms with E-state index in [1.807, 2.05) is 19.0 Å². The van der Waals surface area contributed by atoms with Crippen LogP contribution in [0.1, 0.15) is 6.92 Å². The smallest absolute Gasteiger partial charge is 0.331 e. The van der Waals surface area contributed by atoms with Crippen LogP contribution in [0.3, 0.4) is 0 Å². The fourth-order valence-electron chi connectivity index (χ4n) is 0.928. The lowest BCUT2D eigenvalue weighted by molar-refractivity contribution is -0.143. The first-order valence-corrected chi connectivity index (χ1v) is 4.18. The number of carbonyl (C=O) groups excluding carboxylic acids is 1. The Morgan fingerprint density at radius 1 is 1.43 bits per heavy atom. The average molecular weight is 201 g/mol.